The van der Waals surface area contributed by atoms with E-state index in [4.69, 9.17) is 11.3 Å². The molecule has 0 saturated carbocycles. The average molecular weight is 241 g/mol. The van der Waals surface area contributed by atoms with E-state index in [1.54, 1.807) is 19.2 Å². The molecule has 0 atom stereocenters. The van der Waals surface area contributed by atoms with Gasteiger partial charge in [-0.05, 0) is 24.6 Å². The predicted molar refractivity (Wildman–Crippen MR) is 56.9 cm³/mol. The smallest absolute Gasteiger partial charge is 0.884 e. The number of aryl methyl sites for hydroxylation is 1. The second kappa shape index (κ2) is 7.10. The van der Waals surface area contributed by atoms with Crippen LogP contribution >= 0.6 is 0 Å². The van der Waals surface area contributed by atoms with E-state index in [9.17, 15) is 5.11 Å². The van der Waals surface area contributed by atoms with E-state index >= 15 is 0 Å². The van der Waals surface area contributed by atoms with Crippen LogP contribution in [-0.2, 0) is 0 Å². The van der Waals surface area contributed by atoms with Crippen LogP contribution in [0.25, 0.3) is 10.5 Å². The Hall–Kier alpha value is -0.314. The van der Waals surface area contributed by atoms with Crippen LogP contribution in [0.15, 0.2) is 24.0 Å². The van der Waals surface area contributed by atoms with Crippen LogP contribution < -0.4 is 61.2 Å². The number of rotatable bonds is 2. The van der Waals surface area contributed by atoms with Crippen molar-refractivity contribution >= 4 is 5.70 Å². The van der Waals surface area contributed by atoms with Crippen molar-refractivity contribution in [3.8, 4) is 5.75 Å². The molecule has 0 aliphatic rings. The molecule has 0 unspecified atom stereocenters. The van der Waals surface area contributed by atoms with Gasteiger partial charge in [0.1, 0.15) is 5.75 Å². The summed E-state index contributed by atoms with van der Waals surface area (Å²) >= 11 is 0. The first kappa shape index (κ1) is 15.7. The van der Waals surface area contributed by atoms with E-state index in [0.717, 1.165) is 11.3 Å². The average Bonchev–Trinajstić information content (AvgIpc) is 2.20. The topological polar surface area (TPSA) is 36.6 Å². The molecule has 4 heteroatoms. The molecule has 0 heterocycles. The second-order valence-electron chi connectivity index (χ2n) is 3.20. The molecule has 0 amide bonds. The zero-order valence-electron chi connectivity index (χ0n) is 10.00. The Morgan fingerprint density at radius 3 is 2.44 bits per heavy atom. The van der Waals surface area contributed by atoms with Gasteiger partial charge in [-0.1, -0.05) is 18.6 Å². The number of nitrogens with zero attached hydrogens (tertiary/aromatic N) is 1. The van der Waals surface area contributed by atoms with Gasteiger partial charge in [-0.2, -0.15) is 0 Å². The van der Waals surface area contributed by atoms with Gasteiger partial charge in [0.2, 0.25) is 0 Å². The largest absolute Gasteiger partial charge is 1.00 e. The number of allylic oxidation sites excluding steroid dienone is 1. The van der Waals surface area contributed by atoms with E-state index < -0.39 is 0 Å². The summed E-state index contributed by atoms with van der Waals surface area (Å²) in [5.41, 5.74) is 1.73. The van der Waals surface area contributed by atoms with Gasteiger partial charge in [-0.3, -0.25) is 0 Å². The number of hydrogen-bond donors (Lipinski definition) is 0. The molecule has 0 spiro atoms. The molecule has 78 valence electrons. The number of ether oxygens (including phenoxy) is 1. The summed E-state index contributed by atoms with van der Waals surface area (Å²) in [6, 6.07) is 5.29. The van der Waals surface area contributed by atoms with Gasteiger partial charge in [0.05, 0.1) is 13.7 Å². The van der Waals surface area contributed by atoms with Gasteiger partial charge in [0, 0.05) is 0 Å². The van der Waals surface area contributed by atoms with Crippen molar-refractivity contribution in [2.45, 2.75) is 13.8 Å². The molecule has 0 aliphatic carbocycles. The van der Waals surface area contributed by atoms with Crippen molar-refractivity contribution in [2.75, 3.05) is 7.11 Å². The first-order valence-corrected chi connectivity index (χ1v) is 4.50. The number of methoxy groups -OCH3 is 1. The molecule has 1 aromatic rings. The molecule has 16 heavy (non-hydrogen) atoms. The van der Waals surface area contributed by atoms with Gasteiger partial charge in [-0.15, -0.1) is 5.76 Å². The van der Waals surface area contributed by atoms with Crippen LogP contribution in [0.3, 0.4) is 0 Å². The third-order valence-corrected chi connectivity index (χ3v) is 2.13. The van der Waals surface area contributed by atoms with Crippen molar-refractivity contribution in [1.82, 2.24) is 0 Å². The summed E-state index contributed by atoms with van der Waals surface area (Å²) in [5.74, 6) is 0.516. The number of hydrogen-bond acceptors (Lipinski definition) is 2. The van der Waals surface area contributed by atoms with E-state index in [-0.39, 0.29) is 62.8 Å². The molecule has 1 rings (SSSR count). The zero-order chi connectivity index (χ0) is 11.4. The Balaban J connectivity index is 0.00000225. The Morgan fingerprint density at radius 1 is 1.44 bits per heavy atom. The summed E-state index contributed by atoms with van der Waals surface area (Å²) in [5, 5.41) is 11.2. The maximum atomic E-state index is 11.2. The molecule has 0 radical (unpaired) electrons. The maximum Gasteiger partial charge on any atom is 1.00 e. The van der Waals surface area contributed by atoms with Gasteiger partial charge < -0.3 is 9.84 Å². The Kier molecular flexibility index (Phi) is 6.96. The minimum Gasteiger partial charge on any atom is -0.884 e. The normalized spacial score (nSPS) is 10.9. The van der Waals surface area contributed by atoms with Crippen LogP contribution in [0, 0.1) is 13.5 Å². The van der Waals surface area contributed by atoms with Crippen LogP contribution in [0.5, 0.6) is 5.75 Å². The quantitative estimate of drug-likeness (QED) is 0.377. The van der Waals surface area contributed by atoms with Crippen molar-refractivity contribution in [1.29, 1.82) is 0 Å². The van der Waals surface area contributed by atoms with E-state index in [0.29, 0.717) is 5.56 Å². The third kappa shape index (κ3) is 3.61. The van der Waals surface area contributed by atoms with Crippen molar-refractivity contribution in [3.63, 3.8) is 0 Å². The summed E-state index contributed by atoms with van der Waals surface area (Å²) in [6.45, 7) is 10.2. The standard InChI is InChI=1S/C12H13NO2.K/c1-8-7-10(15-4)5-6-11(8)12(13-3)9(2)14;/h5-7,14H,1-2,4H3;/q;+1/p-1. The fourth-order valence-electron chi connectivity index (χ4n) is 1.36. The molecule has 0 N–H and O–H groups in total. The van der Waals surface area contributed by atoms with Crippen molar-refractivity contribution in [3.05, 3.63) is 46.5 Å². The minimum atomic E-state index is -0.210. The van der Waals surface area contributed by atoms with E-state index in [1.165, 1.54) is 6.92 Å². The van der Waals surface area contributed by atoms with Crippen molar-refractivity contribution < 1.29 is 61.2 Å². The molecular weight excluding hydrogens is 229 g/mol. The van der Waals surface area contributed by atoms with Crippen LogP contribution in [0.2, 0.25) is 0 Å². The van der Waals surface area contributed by atoms with Gasteiger partial charge >= 0.3 is 51.4 Å². The maximum absolute atomic E-state index is 11.2. The molecule has 0 aliphatic heterocycles. The molecule has 0 fully saturated rings. The molecule has 0 saturated heterocycles. The fraction of sp³-hybridized carbons (Fsp3) is 0.250. The predicted octanol–water partition coefficient (Wildman–Crippen LogP) is -1.02. The monoisotopic (exact) mass is 241 g/mol. The summed E-state index contributed by atoms with van der Waals surface area (Å²) in [4.78, 5) is 3.25. The van der Waals surface area contributed by atoms with E-state index in [2.05, 4.69) is 4.85 Å². The summed E-state index contributed by atoms with van der Waals surface area (Å²) < 4.78 is 5.05. The summed E-state index contributed by atoms with van der Waals surface area (Å²) in [6.07, 6.45) is 0. The molecule has 0 aromatic heterocycles. The second-order valence-corrected chi connectivity index (χ2v) is 3.20. The zero-order valence-corrected chi connectivity index (χ0v) is 13.1. The van der Waals surface area contributed by atoms with E-state index in [1.807, 2.05) is 13.0 Å². The molecular formula is C12H12KNO2. The molecule has 3 nitrogen and oxygen atoms in total. The van der Waals surface area contributed by atoms with Crippen molar-refractivity contribution in [2.24, 2.45) is 0 Å². The van der Waals surface area contributed by atoms with Crippen LogP contribution in [-0.4, -0.2) is 7.11 Å². The van der Waals surface area contributed by atoms with Crippen LogP contribution in [0.4, 0.5) is 0 Å². The Morgan fingerprint density at radius 2 is 2.06 bits per heavy atom. The van der Waals surface area contributed by atoms with Crippen LogP contribution in [0.1, 0.15) is 18.1 Å². The third-order valence-electron chi connectivity index (χ3n) is 2.13. The molecule has 1 aromatic carbocycles. The molecule has 0 bridgehead atoms. The Bertz CT molecular complexity index is 443. The minimum absolute atomic E-state index is 0. The first-order valence-electron chi connectivity index (χ1n) is 4.50. The summed E-state index contributed by atoms with van der Waals surface area (Å²) in [7, 11) is 1.58. The fourth-order valence-corrected chi connectivity index (χ4v) is 1.36. The number of benzene rings is 1. The first-order chi connectivity index (χ1) is 7.10. The Labute approximate surface area is 138 Å². The van der Waals surface area contributed by atoms with Gasteiger partial charge in [-0.25, -0.2) is 4.85 Å². The van der Waals surface area contributed by atoms with Gasteiger partial charge in [0.15, 0.2) is 5.70 Å². The van der Waals surface area contributed by atoms with Gasteiger partial charge in [0.25, 0.3) is 0 Å². The SMILES string of the molecule is [C-]#[N+]C(=C(C)[O-])c1ccc(OC)cc1C.[K+].